The summed E-state index contributed by atoms with van der Waals surface area (Å²) in [6, 6.07) is 49.8. The molecule has 0 saturated carbocycles. The Balaban J connectivity index is 1.46. The van der Waals surface area contributed by atoms with Gasteiger partial charge in [0.05, 0.1) is 33.3 Å². The van der Waals surface area contributed by atoms with E-state index in [4.69, 9.17) is 0 Å². The van der Waals surface area contributed by atoms with Crippen LogP contribution in [-0.2, 0) is 5.41 Å². The number of benzene rings is 7. The largest absolute Gasteiger partial charge is 0.308 e. The summed E-state index contributed by atoms with van der Waals surface area (Å²) in [6.45, 7) is 4.79. The predicted octanol–water partition coefficient (Wildman–Crippen LogP) is 11.4. The Labute approximate surface area is 259 Å². The number of para-hydroxylation sites is 3. The van der Waals surface area contributed by atoms with Gasteiger partial charge in [-0.3, -0.25) is 0 Å². The number of aromatic nitrogens is 2. The quantitative estimate of drug-likeness (QED) is 0.185. The van der Waals surface area contributed by atoms with Crippen LogP contribution in [0.4, 0.5) is 0 Å². The van der Waals surface area contributed by atoms with Gasteiger partial charge in [0.1, 0.15) is 0 Å². The zero-order chi connectivity index (χ0) is 29.6. The van der Waals surface area contributed by atoms with E-state index >= 15 is 0 Å². The third kappa shape index (κ3) is 2.66. The lowest BCUT2D eigenvalue weighted by Crippen LogP contribution is -2.18. The second-order valence-corrected chi connectivity index (χ2v) is 13.3. The van der Waals surface area contributed by atoms with Gasteiger partial charge in [-0.05, 0) is 45.8 Å². The average molecular weight is 573 g/mol. The summed E-state index contributed by atoms with van der Waals surface area (Å²) in [5, 5.41) is 10.5. The van der Waals surface area contributed by atoms with Crippen molar-refractivity contribution < 1.29 is 0 Å². The first kappa shape index (κ1) is 23.8. The second kappa shape index (κ2) is 7.91. The number of fused-ring (bicyclic) bond motifs is 16. The molecule has 0 N–H and O–H groups in total. The van der Waals surface area contributed by atoms with Crippen molar-refractivity contribution in [1.29, 1.82) is 0 Å². The van der Waals surface area contributed by atoms with Gasteiger partial charge in [0, 0.05) is 43.1 Å². The minimum Gasteiger partial charge on any atom is -0.308 e. The van der Waals surface area contributed by atoms with Crippen LogP contribution < -0.4 is 0 Å². The summed E-state index contributed by atoms with van der Waals surface area (Å²) in [4.78, 5) is 0. The molecule has 2 nitrogen and oxygen atoms in total. The maximum Gasteiger partial charge on any atom is 0.0648 e. The summed E-state index contributed by atoms with van der Waals surface area (Å²) in [7, 11) is 0. The van der Waals surface area contributed by atoms with Crippen LogP contribution in [0.25, 0.3) is 87.5 Å². The highest BCUT2D eigenvalue weighted by Gasteiger charge is 2.38. The molecule has 0 atom stereocenters. The molecule has 11 rings (SSSR count). The van der Waals surface area contributed by atoms with Crippen LogP contribution in [0.3, 0.4) is 0 Å². The van der Waals surface area contributed by atoms with Crippen LogP contribution in [0.15, 0.2) is 133 Å². The number of hydrogen-bond donors (Lipinski definition) is 0. The van der Waals surface area contributed by atoms with Gasteiger partial charge in [0.15, 0.2) is 0 Å². The maximum atomic E-state index is 2.61. The van der Waals surface area contributed by atoms with Crippen molar-refractivity contribution in [2.75, 3.05) is 0 Å². The highest BCUT2D eigenvalue weighted by atomic mass is 15.0. The van der Waals surface area contributed by atoms with Crippen molar-refractivity contribution in [1.82, 2.24) is 8.97 Å². The molecule has 0 bridgehead atoms. The van der Waals surface area contributed by atoms with Crippen molar-refractivity contribution in [3.63, 3.8) is 0 Å². The van der Waals surface area contributed by atoms with Gasteiger partial charge in [-0.15, -0.1) is 0 Å². The average Bonchev–Trinajstić information content (AvgIpc) is 3.79. The van der Waals surface area contributed by atoms with Crippen molar-refractivity contribution >= 4 is 70.7 Å². The molecule has 210 valence electrons. The van der Waals surface area contributed by atoms with Crippen LogP contribution in [0.2, 0.25) is 0 Å². The molecule has 0 fully saturated rings. The van der Waals surface area contributed by atoms with Crippen molar-refractivity contribution in [2.24, 2.45) is 0 Å². The lowest BCUT2D eigenvalue weighted by atomic mass is 9.81. The summed E-state index contributed by atoms with van der Waals surface area (Å²) in [6.07, 6.45) is 0. The molecule has 10 aromatic rings. The Hall–Kier alpha value is -5.60. The first-order chi connectivity index (χ1) is 22.1. The summed E-state index contributed by atoms with van der Waals surface area (Å²) >= 11 is 0. The van der Waals surface area contributed by atoms with Gasteiger partial charge in [-0.2, -0.15) is 0 Å². The molecule has 7 aromatic carbocycles. The van der Waals surface area contributed by atoms with E-state index in [0.29, 0.717) is 0 Å². The van der Waals surface area contributed by atoms with E-state index in [9.17, 15) is 0 Å². The zero-order valence-corrected chi connectivity index (χ0v) is 25.1. The molecular formula is C43H28N2. The fourth-order valence-electron chi connectivity index (χ4n) is 9.10. The molecule has 0 saturated heterocycles. The molecule has 45 heavy (non-hydrogen) atoms. The molecule has 0 unspecified atom stereocenters. The van der Waals surface area contributed by atoms with Crippen LogP contribution in [0, 0.1) is 0 Å². The Bertz CT molecular complexity index is 2890. The maximum absolute atomic E-state index is 2.61. The summed E-state index contributed by atoms with van der Waals surface area (Å²) in [5.41, 5.74) is 13.0. The van der Waals surface area contributed by atoms with Crippen molar-refractivity contribution in [3.05, 3.63) is 145 Å². The molecule has 1 aliphatic carbocycles. The Kier molecular flexibility index (Phi) is 4.19. The van der Waals surface area contributed by atoms with E-state index in [1.807, 2.05) is 0 Å². The SMILES string of the molecule is CC1(C)c2ccccc2-c2cccc(-n3c4ccccc4c4c5ccccc5c5c(c6cccc7c8ccccc8n5c76)c43)c21. The normalized spacial score (nSPS) is 14.2. The van der Waals surface area contributed by atoms with Gasteiger partial charge in [0.25, 0.3) is 0 Å². The Morgan fingerprint density at radius 3 is 1.89 bits per heavy atom. The van der Waals surface area contributed by atoms with E-state index in [0.717, 1.165) is 0 Å². The third-order valence-corrected chi connectivity index (χ3v) is 10.8. The standard InChI is InChI=1S/C43H28N2/c1-43(2)33-21-8-5-13-25(33)28-18-12-24-36(39(28)43)44-35-23-10-7-17-31(35)37-27-15-3-4-16-30(27)41-38(42(37)44)32-20-11-19-29-26-14-6-9-22-34(26)45(41)40(29)32/h3-24H,1-2H3. The van der Waals surface area contributed by atoms with Gasteiger partial charge in [-0.1, -0.05) is 129 Å². The minimum absolute atomic E-state index is 0.137. The van der Waals surface area contributed by atoms with Crippen LogP contribution in [-0.4, -0.2) is 8.97 Å². The number of rotatable bonds is 1. The second-order valence-electron chi connectivity index (χ2n) is 13.3. The minimum atomic E-state index is -0.137. The monoisotopic (exact) mass is 572 g/mol. The van der Waals surface area contributed by atoms with E-state index in [1.54, 1.807) is 0 Å². The lowest BCUT2D eigenvalue weighted by molar-refractivity contribution is 0.656. The van der Waals surface area contributed by atoms with E-state index in [-0.39, 0.29) is 5.41 Å². The topological polar surface area (TPSA) is 9.34 Å². The molecule has 0 aliphatic heterocycles. The van der Waals surface area contributed by atoms with Gasteiger partial charge < -0.3 is 8.97 Å². The van der Waals surface area contributed by atoms with Gasteiger partial charge in [-0.25, -0.2) is 0 Å². The Morgan fingerprint density at radius 1 is 0.422 bits per heavy atom. The van der Waals surface area contributed by atoms with E-state index in [1.165, 1.54) is 98.6 Å². The van der Waals surface area contributed by atoms with Crippen LogP contribution in [0.1, 0.15) is 25.0 Å². The highest BCUT2D eigenvalue weighted by Crippen LogP contribution is 2.53. The molecule has 0 radical (unpaired) electrons. The van der Waals surface area contributed by atoms with Crippen molar-refractivity contribution in [2.45, 2.75) is 19.3 Å². The van der Waals surface area contributed by atoms with Gasteiger partial charge >= 0.3 is 0 Å². The van der Waals surface area contributed by atoms with E-state index in [2.05, 4.69) is 156 Å². The molecule has 3 heterocycles. The fraction of sp³-hybridized carbons (Fsp3) is 0.0698. The van der Waals surface area contributed by atoms with Crippen LogP contribution >= 0.6 is 0 Å². The lowest BCUT2D eigenvalue weighted by Gasteiger charge is -2.25. The number of hydrogen-bond acceptors (Lipinski definition) is 0. The molecule has 1 aliphatic rings. The zero-order valence-electron chi connectivity index (χ0n) is 25.1. The fourth-order valence-corrected chi connectivity index (χ4v) is 9.10. The summed E-state index contributed by atoms with van der Waals surface area (Å²) < 4.78 is 5.16. The van der Waals surface area contributed by atoms with E-state index < -0.39 is 0 Å². The molecule has 0 spiro atoms. The molecular weight excluding hydrogens is 544 g/mol. The third-order valence-electron chi connectivity index (χ3n) is 10.8. The van der Waals surface area contributed by atoms with Crippen molar-refractivity contribution in [3.8, 4) is 16.8 Å². The van der Waals surface area contributed by atoms with Gasteiger partial charge in [0.2, 0.25) is 0 Å². The predicted molar refractivity (Wildman–Crippen MR) is 191 cm³/mol. The van der Waals surface area contributed by atoms with Crippen LogP contribution in [0.5, 0.6) is 0 Å². The summed E-state index contributed by atoms with van der Waals surface area (Å²) in [5.74, 6) is 0. The first-order valence-electron chi connectivity index (χ1n) is 15.9. The molecule has 0 amide bonds. The molecule has 2 heteroatoms. The smallest absolute Gasteiger partial charge is 0.0648 e. The first-order valence-corrected chi connectivity index (χ1v) is 15.9. The molecule has 3 aromatic heterocycles. The Morgan fingerprint density at radius 2 is 1.02 bits per heavy atom. The highest BCUT2D eigenvalue weighted by molar-refractivity contribution is 6.39. The number of nitrogens with zero attached hydrogens (tertiary/aromatic N) is 2.